The summed E-state index contributed by atoms with van der Waals surface area (Å²) in [7, 11) is 3.54. The summed E-state index contributed by atoms with van der Waals surface area (Å²) >= 11 is 1.59. The first-order valence-electron chi connectivity index (χ1n) is 6.92. The lowest BCUT2D eigenvalue weighted by atomic mass is 10.3. The van der Waals surface area contributed by atoms with Crippen molar-refractivity contribution in [1.82, 2.24) is 19.7 Å². The van der Waals surface area contributed by atoms with Crippen LogP contribution in [0.4, 0.5) is 5.13 Å². The molecule has 0 unspecified atom stereocenters. The standard InChI is InChI=1S/C13H19N5O2S/c1-8-11-12(17(2)16-8)15-13(21-11)14-9-6-10(19)18(7-9)4-5-20-3/h9H,4-7H2,1-3H3,(H,14,15)/t9-/m1/s1. The first kappa shape index (κ1) is 14.3. The summed E-state index contributed by atoms with van der Waals surface area (Å²) in [5.41, 5.74) is 1.88. The van der Waals surface area contributed by atoms with Gasteiger partial charge >= 0.3 is 0 Å². The van der Waals surface area contributed by atoms with Gasteiger partial charge in [-0.05, 0) is 6.92 Å². The van der Waals surface area contributed by atoms with Crippen molar-refractivity contribution in [3.8, 4) is 0 Å². The first-order valence-corrected chi connectivity index (χ1v) is 7.73. The molecule has 1 fully saturated rings. The zero-order chi connectivity index (χ0) is 15.0. The Hall–Kier alpha value is -1.67. The van der Waals surface area contributed by atoms with Crippen molar-refractivity contribution in [2.75, 3.05) is 32.1 Å². The Bertz CT molecular complexity index is 630. The average molecular weight is 309 g/mol. The molecule has 1 atom stereocenters. The molecule has 1 aliphatic heterocycles. The maximum Gasteiger partial charge on any atom is 0.224 e. The van der Waals surface area contributed by atoms with Crippen LogP contribution in [0.1, 0.15) is 12.1 Å². The van der Waals surface area contributed by atoms with Crippen molar-refractivity contribution in [2.24, 2.45) is 7.05 Å². The van der Waals surface area contributed by atoms with Crippen LogP contribution in [0.25, 0.3) is 10.3 Å². The number of hydrogen-bond donors (Lipinski definition) is 1. The normalized spacial score (nSPS) is 18.9. The van der Waals surface area contributed by atoms with Crippen molar-refractivity contribution in [3.05, 3.63) is 5.69 Å². The van der Waals surface area contributed by atoms with Crippen LogP contribution in [0.5, 0.6) is 0 Å². The molecule has 0 saturated carbocycles. The molecule has 1 amide bonds. The molecule has 0 bridgehead atoms. The highest BCUT2D eigenvalue weighted by Crippen LogP contribution is 2.29. The minimum Gasteiger partial charge on any atom is -0.383 e. The highest BCUT2D eigenvalue weighted by atomic mass is 32.1. The topological polar surface area (TPSA) is 72.3 Å². The third-order valence-electron chi connectivity index (χ3n) is 3.65. The molecule has 3 heterocycles. The lowest BCUT2D eigenvalue weighted by Crippen LogP contribution is -2.30. The molecular formula is C13H19N5O2S. The number of carbonyl (C=O) groups excluding carboxylic acids is 1. The summed E-state index contributed by atoms with van der Waals surface area (Å²) in [5.74, 6) is 0.170. The minimum atomic E-state index is 0.114. The largest absolute Gasteiger partial charge is 0.383 e. The summed E-state index contributed by atoms with van der Waals surface area (Å²) in [4.78, 5) is 18.3. The molecule has 1 N–H and O–H groups in total. The van der Waals surface area contributed by atoms with Gasteiger partial charge in [-0.1, -0.05) is 11.3 Å². The Labute approximate surface area is 126 Å². The van der Waals surface area contributed by atoms with Gasteiger partial charge in [0.05, 0.1) is 23.0 Å². The van der Waals surface area contributed by atoms with Crippen LogP contribution in [0.15, 0.2) is 0 Å². The number of rotatable bonds is 5. The zero-order valence-corrected chi connectivity index (χ0v) is 13.2. The number of likely N-dealkylation sites (tertiary alicyclic amines) is 1. The quantitative estimate of drug-likeness (QED) is 0.892. The number of anilines is 1. The summed E-state index contributed by atoms with van der Waals surface area (Å²) in [6.07, 6.45) is 0.511. The van der Waals surface area contributed by atoms with Crippen molar-refractivity contribution in [2.45, 2.75) is 19.4 Å². The van der Waals surface area contributed by atoms with Crippen LogP contribution in [-0.4, -0.2) is 58.4 Å². The van der Waals surface area contributed by atoms with Gasteiger partial charge in [0.15, 0.2) is 10.8 Å². The van der Waals surface area contributed by atoms with E-state index in [4.69, 9.17) is 4.74 Å². The van der Waals surface area contributed by atoms with Crippen molar-refractivity contribution in [1.29, 1.82) is 0 Å². The van der Waals surface area contributed by atoms with E-state index in [9.17, 15) is 4.79 Å². The van der Waals surface area contributed by atoms with E-state index in [1.807, 2.05) is 18.9 Å². The van der Waals surface area contributed by atoms with Crippen LogP contribution in [-0.2, 0) is 16.6 Å². The number of methoxy groups -OCH3 is 1. The van der Waals surface area contributed by atoms with Gasteiger partial charge in [0.1, 0.15) is 0 Å². The third kappa shape index (κ3) is 2.73. The van der Waals surface area contributed by atoms with Gasteiger partial charge in [-0.3, -0.25) is 4.79 Å². The molecule has 3 rings (SSSR count). The van der Waals surface area contributed by atoms with E-state index < -0.39 is 0 Å². The Balaban J connectivity index is 1.68. The second kappa shape index (κ2) is 5.61. The number of amides is 1. The van der Waals surface area contributed by atoms with Crippen molar-refractivity contribution < 1.29 is 9.53 Å². The molecule has 2 aromatic heterocycles. The second-order valence-electron chi connectivity index (χ2n) is 5.26. The van der Waals surface area contributed by atoms with Crippen molar-refractivity contribution in [3.63, 3.8) is 0 Å². The van der Waals surface area contributed by atoms with Gasteiger partial charge in [0, 0.05) is 33.7 Å². The van der Waals surface area contributed by atoms with Crippen molar-refractivity contribution >= 4 is 32.7 Å². The van der Waals surface area contributed by atoms with Gasteiger partial charge in [0.25, 0.3) is 0 Å². The Morgan fingerprint density at radius 3 is 3.05 bits per heavy atom. The number of aromatic nitrogens is 3. The van der Waals surface area contributed by atoms with E-state index in [-0.39, 0.29) is 11.9 Å². The monoisotopic (exact) mass is 309 g/mol. The van der Waals surface area contributed by atoms with Gasteiger partial charge < -0.3 is 15.0 Å². The molecule has 8 heteroatoms. The number of hydrogen-bond acceptors (Lipinski definition) is 6. The fourth-order valence-electron chi connectivity index (χ4n) is 2.61. The van der Waals surface area contributed by atoms with Crippen LogP contribution in [0.3, 0.4) is 0 Å². The van der Waals surface area contributed by atoms with E-state index in [0.717, 1.165) is 21.2 Å². The summed E-state index contributed by atoms with van der Waals surface area (Å²) in [6, 6.07) is 0.114. The van der Waals surface area contributed by atoms with Crippen LogP contribution in [0, 0.1) is 6.92 Å². The zero-order valence-electron chi connectivity index (χ0n) is 12.4. The molecule has 0 aliphatic carbocycles. The SMILES string of the molecule is COCCN1C[C@H](Nc2nc3c(s2)c(C)nn3C)CC1=O. The minimum absolute atomic E-state index is 0.114. The Kier molecular flexibility index (Phi) is 3.81. The number of aryl methyl sites for hydroxylation is 2. The molecule has 0 spiro atoms. The Morgan fingerprint density at radius 2 is 2.33 bits per heavy atom. The predicted octanol–water partition coefficient (Wildman–Crippen LogP) is 0.997. The molecular weight excluding hydrogens is 290 g/mol. The highest BCUT2D eigenvalue weighted by Gasteiger charge is 2.29. The number of thiazole rings is 1. The number of fused-ring (bicyclic) bond motifs is 1. The summed E-state index contributed by atoms with van der Waals surface area (Å²) < 4.78 is 7.91. The maximum atomic E-state index is 11.9. The predicted molar refractivity (Wildman–Crippen MR) is 81.6 cm³/mol. The van der Waals surface area contributed by atoms with Crippen LogP contribution < -0.4 is 5.32 Å². The fourth-order valence-corrected chi connectivity index (χ4v) is 3.62. The number of nitrogens with zero attached hydrogens (tertiary/aromatic N) is 4. The molecule has 21 heavy (non-hydrogen) atoms. The molecule has 1 aliphatic rings. The van der Waals surface area contributed by atoms with E-state index >= 15 is 0 Å². The van der Waals surface area contributed by atoms with E-state index in [0.29, 0.717) is 26.1 Å². The summed E-state index contributed by atoms with van der Waals surface area (Å²) in [6.45, 7) is 3.91. The fraction of sp³-hybridized carbons (Fsp3) is 0.615. The maximum absolute atomic E-state index is 11.9. The van der Waals surface area contributed by atoms with E-state index in [1.54, 1.807) is 23.1 Å². The summed E-state index contributed by atoms with van der Waals surface area (Å²) in [5, 5.41) is 8.57. The lowest BCUT2D eigenvalue weighted by Gasteiger charge is -2.16. The van der Waals surface area contributed by atoms with Gasteiger partial charge in [-0.2, -0.15) is 5.10 Å². The number of carbonyl (C=O) groups is 1. The number of ether oxygens (including phenoxy) is 1. The first-order chi connectivity index (χ1) is 10.1. The van der Waals surface area contributed by atoms with Gasteiger partial charge in [-0.25, -0.2) is 9.67 Å². The average Bonchev–Trinajstić information content (AvgIpc) is 3.07. The third-order valence-corrected chi connectivity index (χ3v) is 4.74. The van der Waals surface area contributed by atoms with E-state index in [1.165, 1.54) is 0 Å². The van der Waals surface area contributed by atoms with E-state index in [2.05, 4.69) is 15.4 Å². The molecule has 1 saturated heterocycles. The van der Waals surface area contributed by atoms with Gasteiger partial charge in [-0.15, -0.1) is 0 Å². The smallest absolute Gasteiger partial charge is 0.224 e. The molecule has 7 nitrogen and oxygen atoms in total. The van der Waals surface area contributed by atoms with Crippen LogP contribution in [0.2, 0.25) is 0 Å². The second-order valence-corrected chi connectivity index (χ2v) is 6.26. The molecule has 114 valence electrons. The van der Waals surface area contributed by atoms with Gasteiger partial charge in [0.2, 0.25) is 5.91 Å². The molecule has 0 aromatic carbocycles. The lowest BCUT2D eigenvalue weighted by molar-refractivity contribution is -0.128. The molecule has 0 radical (unpaired) electrons. The number of nitrogens with one attached hydrogen (secondary N) is 1. The highest BCUT2D eigenvalue weighted by molar-refractivity contribution is 7.22. The molecule has 2 aromatic rings. The Morgan fingerprint density at radius 1 is 1.52 bits per heavy atom. The van der Waals surface area contributed by atoms with Crippen LogP contribution >= 0.6 is 11.3 Å².